The topological polar surface area (TPSA) is 78.8 Å². The summed E-state index contributed by atoms with van der Waals surface area (Å²) in [6.07, 6.45) is 0. The predicted molar refractivity (Wildman–Crippen MR) is 171 cm³/mol. The zero-order chi connectivity index (χ0) is 30.1. The summed E-state index contributed by atoms with van der Waals surface area (Å²) in [7, 11) is 0. The van der Waals surface area contributed by atoms with Crippen LogP contribution in [0.3, 0.4) is 0 Å². The fraction of sp³-hybridized carbons (Fsp3) is 0.250. The molecule has 0 bridgehead atoms. The first-order valence-electron chi connectivity index (χ1n) is 14.0. The number of carbonyl (C=O) groups is 3. The van der Waals surface area contributed by atoms with Crippen LogP contribution in [0, 0.1) is 0 Å². The molecule has 1 atom stereocenters. The van der Waals surface area contributed by atoms with Crippen LogP contribution < -0.4 is 4.90 Å². The molecule has 1 fully saturated rings. The summed E-state index contributed by atoms with van der Waals surface area (Å²) in [6, 6.07) is 24.7. The number of nitrogens with zero attached hydrogens (tertiary/aromatic N) is 5. The summed E-state index contributed by atoms with van der Waals surface area (Å²) >= 11 is 14.7. The lowest BCUT2D eigenvalue weighted by Gasteiger charge is -2.35. The molecule has 1 unspecified atom stereocenters. The first-order chi connectivity index (χ1) is 20.8. The van der Waals surface area contributed by atoms with E-state index in [9.17, 15) is 14.4 Å². The zero-order valence-corrected chi connectivity index (χ0v) is 25.8. The van der Waals surface area contributed by atoms with E-state index >= 15 is 0 Å². The van der Waals surface area contributed by atoms with Gasteiger partial charge in [-0.1, -0.05) is 77.8 Å². The fourth-order valence-corrected chi connectivity index (χ4v) is 7.16. The normalized spacial score (nSPS) is 17.0. The van der Waals surface area contributed by atoms with Gasteiger partial charge in [-0.15, -0.1) is 11.8 Å². The van der Waals surface area contributed by atoms with Gasteiger partial charge in [0.05, 0.1) is 27.4 Å². The first kappa shape index (κ1) is 29.3. The molecule has 3 amide bonds. The molecule has 3 heterocycles. The molecule has 8 nitrogen and oxygen atoms in total. The number of anilines is 1. The van der Waals surface area contributed by atoms with Gasteiger partial charge in [0.25, 0.3) is 0 Å². The minimum absolute atomic E-state index is 0.0133. The summed E-state index contributed by atoms with van der Waals surface area (Å²) < 4.78 is 1.70. The number of rotatable bonds is 5. The van der Waals surface area contributed by atoms with Gasteiger partial charge in [-0.05, 0) is 29.8 Å². The summed E-state index contributed by atoms with van der Waals surface area (Å²) in [5.74, 6) is 0.234. The maximum atomic E-state index is 14.0. The van der Waals surface area contributed by atoms with E-state index in [-0.39, 0.29) is 35.3 Å². The highest BCUT2D eigenvalue weighted by molar-refractivity contribution is 8.00. The van der Waals surface area contributed by atoms with Crippen molar-refractivity contribution in [1.82, 2.24) is 19.6 Å². The van der Waals surface area contributed by atoms with Crippen molar-refractivity contribution < 1.29 is 14.4 Å². The second-order valence-electron chi connectivity index (χ2n) is 10.4. The van der Waals surface area contributed by atoms with Gasteiger partial charge >= 0.3 is 0 Å². The molecular weight excluding hydrogens is 605 g/mol. The van der Waals surface area contributed by atoms with Crippen LogP contribution in [-0.4, -0.2) is 75.8 Å². The molecule has 1 aromatic heterocycles. The Bertz CT molecular complexity index is 1690. The zero-order valence-electron chi connectivity index (χ0n) is 23.5. The van der Waals surface area contributed by atoms with Crippen molar-refractivity contribution in [3.8, 4) is 16.9 Å². The Morgan fingerprint density at radius 2 is 1.60 bits per heavy atom. The number of carbonyl (C=O) groups excluding carboxylic acids is 3. The Kier molecular flexibility index (Phi) is 8.47. The molecule has 43 heavy (non-hydrogen) atoms. The molecule has 220 valence electrons. The number of fused-ring (bicyclic) bond motifs is 1. The van der Waals surface area contributed by atoms with Crippen molar-refractivity contribution in [2.24, 2.45) is 0 Å². The Labute approximate surface area is 264 Å². The third kappa shape index (κ3) is 5.89. The minimum atomic E-state index is -0.302. The summed E-state index contributed by atoms with van der Waals surface area (Å²) in [5, 5.41) is 5.84. The Balaban J connectivity index is 1.53. The number of thioether (sulfide) groups is 1. The first-order valence-corrected chi connectivity index (χ1v) is 15.8. The highest BCUT2D eigenvalue weighted by Crippen LogP contribution is 2.49. The molecule has 0 saturated carbocycles. The van der Waals surface area contributed by atoms with E-state index < -0.39 is 0 Å². The average Bonchev–Trinajstić information content (AvgIpc) is 3.33. The molecule has 2 aliphatic rings. The van der Waals surface area contributed by atoms with Gasteiger partial charge in [-0.3, -0.25) is 19.3 Å². The lowest BCUT2D eigenvalue weighted by atomic mass is 9.99. The number of hydrogen-bond donors (Lipinski definition) is 0. The van der Waals surface area contributed by atoms with E-state index in [1.807, 2.05) is 72.8 Å². The number of hydrogen-bond acceptors (Lipinski definition) is 5. The number of halogens is 2. The van der Waals surface area contributed by atoms with E-state index in [0.29, 0.717) is 53.4 Å². The standard InChI is InChI=1S/C32H29Cl2N5O3S/c1-21(40)36-14-16-37(17-15-36)27(41)19-38-28(42)20-43-31(23-10-7-11-24(33)18-23)29-30(22-8-3-2-4-9-22)35-39(32(29)38)26-13-6-5-12-25(26)34/h2-13,18,31H,14-17,19-20H2,1H3. The number of aromatic nitrogens is 2. The molecule has 3 aromatic carbocycles. The van der Waals surface area contributed by atoms with Crippen LogP contribution in [0.25, 0.3) is 16.9 Å². The van der Waals surface area contributed by atoms with E-state index in [2.05, 4.69) is 0 Å². The number of piperazine rings is 1. The van der Waals surface area contributed by atoms with Crippen molar-refractivity contribution in [1.29, 1.82) is 0 Å². The van der Waals surface area contributed by atoms with E-state index in [1.54, 1.807) is 25.4 Å². The Hall–Kier alpha value is -3.79. The van der Waals surface area contributed by atoms with Gasteiger partial charge in [0.15, 0.2) is 0 Å². The fourth-order valence-electron chi connectivity index (χ4n) is 5.56. The van der Waals surface area contributed by atoms with Crippen LogP contribution in [0.2, 0.25) is 10.0 Å². The maximum Gasteiger partial charge on any atom is 0.242 e. The van der Waals surface area contributed by atoms with Crippen molar-refractivity contribution in [3.63, 3.8) is 0 Å². The molecule has 0 N–H and O–H groups in total. The average molecular weight is 635 g/mol. The largest absolute Gasteiger partial charge is 0.339 e. The van der Waals surface area contributed by atoms with Gasteiger partial charge in [-0.2, -0.15) is 5.10 Å². The van der Waals surface area contributed by atoms with Crippen LogP contribution in [0.5, 0.6) is 0 Å². The third-order valence-corrected chi connectivity index (χ3v) is 9.55. The van der Waals surface area contributed by atoms with Crippen molar-refractivity contribution >= 4 is 58.5 Å². The minimum Gasteiger partial charge on any atom is -0.339 e. The summed E-state index contributed by atoms with van der Waals surface area (Å²) in [4.78, 5) is 44.6. The molecule has 4 aromatic rings. The molecule has 0 spiro atoms. The van der Waals surface area contributed by atoms with Crippen molar-refractivity contribution in [2.75, 3.05) is 43.4 Å². The summed E-state index contributed by atoms with van der Waals surface area (Å²) in [5.41, 5.74) is 3.89. The number of amides is 3. The molecule has 11 heteroatoms. The Morgan fingerprint density at radius 1 is 0.907 bits per heavy atom. The lowest BCUT2D eigenvalue weighted by Crippen LogP contribution is -2.53. The molecule has 0 aliphatic carbocycles. The Morgan fingerprint density at radius 3 is 2.30 bits per heavy atom. The highest BCUT2D eigenvalue weighted by atomic mass is 35.5. The number of benzene rings is 3. The van der Waals surface area contributed by atoms with Gasteiger partial charge in [0.2, 0.25) is 17.7 Å². The van der Waals surface area contributed by atoms with Gasteiger partial charge in [0.1, 0.15) is 12.4 Å². The predicted octanol–water partition coefficient (Wildman–Crippen LogP) is 5.71. The smallest absolute Gasteiger partial charge is 0.242 e. The number of para-hydroxylation sites is 1. The summed E-state index contributed by atoms with van der Waals surface area (Å²) in [6.45, 7) is 3.10. The SMILES string of the molecule is CC(=O)N1CCN(C(=O)CN2C(=O)CSC(c3cccc(Cl)c3)c3c(-c4ccccc4)nn(-c4ccccc4Cl)c32)CC1. The highest BCUT2D eigenvalue weighted by Gasteiger charge is 2.39. The molecule has 0 radical (unpaired) electrons. The van der Waals surface area contributed by atoms with Crippen molar-refractivity contribution in [3.05, 3.63) is 100 Å². The second-order valence-corrected chi connectivity index (χ2v) is 12.4. The van der Waals surface area contributed by atoms with Gasteiger partial charge in [-0.25, -0.2) is 4.68 Å². The van der Waals surface area contributed by atoms with Crippen LogP contribution >= 0.6 is 35.0 Å². The molecule has 6 rings (SSSR count). The van der Waals surface area contributed by atoms with Crippen LogP contribution in [-0.2, 0) is 14.4 Å². The third-order valence-electron chi connectivity index (χ3n) is 7.74. The van der Waals surface area contributed by atoms with Crippen molar-refractivity contribution in [2.45, 2.75) is 12.2 Å². The molecule has 2 aliphatic heterocycles. The quantitative estimate of drug-likeness (QED) is 0.281. The van der Waals surface area contributed by atoms with Crippen LogP contribution in [0.4, 0.5) is 5.82 Å². The second kappa shape index (κ2) is 12.4. The van der Waals surface area contributed by atoms with Gasteiger partial charge in [0, 0.05) is 49.3 Å². The van der Waals surface area contributed by atoms with E-state index in [4.69, 9.17) is 28.3 Å². The maximum absolute atomic E-state index is 14.0. The lowest BCUT2D eigenvalue weighted by molar-refractivity contribution is -0.137. The van der Waals surface area contributed by atoms with E-state index in [0.717, 1.165) is 16.7 Å². The van der Waals surface area contributed by atoms with E-state index in [1.165, 1.54) is 18.7 Å². The van der Waals surface area contributed by atoms with Crippen LogP contribution in [0.15, 0.2) is 78.9 Å². The monoisotopic (exact) mass is 633 g/mol. The molecular formula is C32H29Cl2N5O3S. The van der Waals surface area contributed by atoms with Gasteiger partial charge < -0.3 is 9.80 Å². The van der Waals surface area contributed by atoms with Crippen LogP contribution in [0.1, 0.15) is 23.3 Å². The molecule has 1 saturated heterocycles.